The molecule has 0 aliphatic carbocycles. The van der Waals surface area contributed by atoms with Gasteiger partial charge in [0.1, 0.15) is 0 Å². The summed E-state index contributed by atoms with van der Waals surface area (Å²) in [5.41, 5.74) is 2.24. The Balaban J connectivity index is 1.97. The van der Waals surface area contributed by atoms with Gasteiger partial charge in [0.15, 0.2) is 11.5 Å². The van der Waals surface area contributed by atoms with Crippen LogP contribution in [0.4, 0.5) is 0 Å². The lowest BCUT2D eigenvalue weighted by atomic mass is 10.1. The molecular formula is C19H24ClNO2. The Morgan fingerprint density at radius 3 is 2.57 bits per heavy atom. The summed E-state index contributed by atoms with van der Waals surface area (Å²) in [6.07, 6.45) is 1.14. The second-order valence-corrected chi connectivity index (χ2v) is 5.92. The first kappa shape index (κ1) is 17.6. The minimum atomic E-state index is 0.174. The lowest BCUT2D eigenvalue weighted by molar-refractivity contribution is 0.207. The van der Waals surface area contributed by atoms with Gasteiger partial charge >= 0.3 is 0 Å². The van der Waals surface area contributed by atoms with Gasteiger partial charge in [-0.15, -0.1) is 0 Å². The molecule has 1 atom stereocenters. The third-order valence-corrected chi connectivity index (χ3v) is 4.10. The molecular weight excluding hydrogens is 310 g/mol. The summed E-state index contributed by atoms with van der Waals surface area (Å²) in [5, 5.41) is 4.19. The molecule has 0 fully saturated rings. The molecule has 3 nitrogen and oxygen atoms in total. The number of halogens is 1. The summed E-state index contributed by atoms with van der Waals surface area (Å²) in [5.74, 6) is 1.55. The number of benzene rings is 2. The fourth-order valence-electron chi connectivity index (χ4n) is 2.20. The molecule has 0 saturated heterocycles. The van der Waals surface area contributed by atoms with E-state index < -0.39 is 0 Å². The molecule has 0 aromatic heterocycles. The highest BCUT2D eigenvalue weighted by Gasteiger charge is 2.09. The molecule has 4 heteroatoms. The zero-order valence-electron chi connectivity index (χ0n) is 13.9. The molecule has 0 amide bonds. The van der Waals surface area contributed by atoms with Gasteiger partial charge in [0.05, 0.1) is 13.2 Å². The highest BCUT2D eigenvalue weighted by molar-refractivity contribution is 6.31. The van der Waals surface area contributed by atoms with E-state index >= 15 is 0 Å². The van der Waals surface area contributed by atoms with Crippen LogP contribution in [0.5, 0.6) is 11.5 Å². The maximum atomic E-state index is 6.16. The van der Waals surface area contributed by atoms with Gasteiger partial charge in [-0.1, -0.05) is 42.8 Å². The van der Waals surface area contributed by atoms with Crippen molar-refractivity contribution < 1.29 is 9.47 Å². The van der Waals surface area contributed by atoms with Crippen LogP contribution >= 0.6 is 11.6 Å². The molecule has 0 aliphatic heterocycles. The topological polar surface area (TPSA) is 30.5 Å². The monoisotopic (exact) mass is 333 g/mol. The van der Waals surface area contributed by atoms with Crippen molar-refractivity contribution in [2.45, 2.75) is 39.5 Å². The normalized spacial score (nSPS) is 12.0. The van der Waals surface area contributed by atoms with E-state index in [4.69, 9.17) is 21.1 Å². The fourth-order valence-corrected chi connectivity index (χ4v) is 2.41. The van der Waals surface area contributed by atoms with Gasteiger partial charge in [-0.25, -0.2) is 0 Å². The molecule has 0 saturated carbocycles. The smallest absolute Gasteiger partial charge is 0.161 e. The molecule has 124 valence electrons. The van der Waals surface area contributed by atoms with Crippen LogP contribution in [0.1, 0.15) is 31.4 Å². The zero-order valence-corrected chi connectivity index (χ0v) is 14.7. The zero-order chi connectivity index (χ0) is 16.7. The summed E-state index contributed by atoms with van der Waals surface area (Å²) in [6, 6.07) is 13.9. The van der Waals surface area contributed by atoms with Gasteiger partial charge in [-0.2, -0.15) is 0 Å². The van der Waals surface area contributed by atoms with E-state index in [-0.39, 0.29) is 6.10 Å². The van der Waals surface area contributed by atoms with E-state index in [1.165, 1.54) is 0 Å². The molecule has 0 spiro atoms. The van der Waals surface area contributed by atoms with Crippen LogP contribution in [0.15, 0.2) is 42.5 Å². The van der Waals surface area contributed by atoms with Crippen LogP contribution in [0, 0.1) is 0 Å². The first-order valence-corrected chi connectivity index (χ1v) is 8.29. The van der Waals surface area contributed by atoms with Gasteiger partial charge < -0.3 is 14.8 Å². The van der Waals surface area contributed by atoms with Crippen molar-refractivity contribution in [2.24, 2.45) is 0 Å². The molecule has 0 aliphatic rings. The Bertz CT molecular complexity index is 631. The van der Waals surface area contributed by atoms with E-state index in [0.717, 1.165) is 47.2 Å². The van der Waals surface area contributed by atoms with Crippen molar-refractivity contribution in [1.82, 2.24) is 5.32 Å². The third-order valence-electron chi connectivity index (χ3n) is 3.73. The Kier molecular flexibility index (Phi) is 6.75. The van der Waals surface area contributed by atoms with Gasteiger partial charge in [0.2, 0.25) is 0 Å². The van der Waals surface area contributed by atoms with E-state index in [1.807, 2.05) is 36.4 Å². The third kappa shape index (κ3) is 5.15. The van der Waals surface area contributed by atoms with Crippen LogP contribution in [0.3, 0.4) is 0 Å². The van der Waals surface area contributed by atoms with Crippen LogP contribution in [0.25, 0.3) is 0 Å². The van der Waals surface area contributed by atoms with Crippen molar-refractivity contribution in [3.8, 4) is 11.5 Å². The van der Waals surface area contributed by atoms with Gasteiger partial charge in [0, 0.05) is 18.1 Å². The first-order chi connectivity index (χ1) is 11.1. The van der Waals surface area contributed by atoms with Crippen molar-refractivity contribution >= 4 is 11.6 Å². The average molecular weight is 334 g/mol. The summed E-state index contributed by atoms with van der Waals surface area (Å²) in [4.78, 5) is 0. The second-order valence-electron chi connectivity index (χ2n) is 5.52. The Labute approximate surface area is 143 Å². The summed E-state index contributed by atoms with van der Waals surface area (Å²) >= 11 is 6.16. The quantitative estimate of drug-likeness (QED) is 0.751. The number of nitrogens with one attached hydrogen (secondary N) is 1. The predicted octanol–water partition coefficient (Wildman–Crippen LogP) is 4.82. The fraction of sp³-hybridized carbons (Fsp3) is 0.368. The van der Waals surface area contributed by atoms with Crippen LogP contribution in [0.2, 0.25) is 5.02 Å². The lowest BCUT2D eigenvalue weighted by Crippen LogP contribution is -2.14. The minimum absolute atomic E-state index is 0.174. The number of hydrogen-bond acceptors (Lipinski definition) is 3. The maximum absolute atomic E-state index is 6.16. The Hall–Kier alpha value is -1.71. The summed E-state index contributed by atoms with van der Waals surface area (Å²) in [7, 11) is 1.67. The molecule has 1 unspecified atom stereocenters. The molecule has 2 aromatic rings. The number of rotatable bonds is 8. The average Bonchev–Trinajstić information content (AvgIpc) is 2.57. The lowest BCUT2D eigenvalue weighted by Gasteiger charge is -2.16. The van der Waals surface area contributed by atoms with Crippen LogP contribution in [-0.4, -0.2) is 13.2 Å². The number of hydrogen-bond donors (Lipinski definition) is 1. The van der Waals surface area contributed by atoms with Gasteiger partial charge in [-0.05, 0) is 42.7 Å². The second kappa shape index (κ2) is 8.80. The maximum Gasteiger partial charge on any atom is 0.161 e. The van der Waals surface area contributed by atoms with E-state index in [1.54, 1.807) is 7.11 Å². The van der Waals surface area contributed by atoms with E-state index in [0.29, 0.717) is 0 Å². The SMILES string of the molecule is CCC(C)Oc1ccc(CNCc2ccccc2Cl)cc1OC. The highest BCUT2D eigenvalue weighted by atomic mass is 35.5. The van der Waals surface area contributed by atoms with E-state index in [9.17, 15) is 0 Å². The molecule has 0 heterocycles. The number of ether oxygens (including phenoxy) is 2. The standard InChI is InChI=1S/C19H24ClNO2/c1-4-14(2)23-18-10-9-15(11-19(18)22-3)12-21-13-16-7-5-6-8-17(16)20/h5-11,14,21H,4,12-13H2,1-3H3. The molecule has 0 radical (unpaired) electrons. The van der Waals surface area contributed by atoms with Crippen LogP contribution in [-0.2, 0) is 13.1 Å². The van der Waals surface area contributed by atoms with Crippen LogP contribution < -0.4 is 14.8 Å². The van der Waals surface area contributed by atoms with Crippen molar-refractivity contribution in [2.75, 3.05) is 7.11 Å². The highest BCUT2D eigenvalue weighted by Crippen LogP contribution is 2.29. The van der Waals surface area contributed by atoms with Crippen molar-refractivity contribution in [3.05, 3.63) is 58.6 Å². The molecule has 2 rings (SSSR count). The van der Waals surface area contributed by atoms with Gasteiger partial charge in [-0.3, -0.25) is 0 Å². The summed E-state index contributed by atoms with van der Waals surface area (Å²) in [6.45, 7) is 5.63. The molecule has 0 bridgehead atoms. The molecule has 1 N–H and O–H groups in total. The molecule has 23 heavy (non-hydrogen) atoms. The number of methoxy groups -OCH3 is 1. The molecule has 2 aromatic carbocycles. The van der Waals surface area contributed by atoms with Gasteiger partial charge in [0.25, 0.3) is 0 Å². The minimum Gasteiger partial charge on any atom is -0.493 e. The Morgan fingerprint density at radius 1 is 1.09 bits per heavy atom. The van der Waals surface area contributed by atoms with Crippen molar-refractivity contribution in [3.63, 3.8) is 0 Å². The Morgan fingerprint density at radius 2 is 1.87 bits per heavy atom. The van der Waals surface area contributed by atoms with E-state index in [2.05, 4.69) is 25.2 Å². The largest absolute Gasteiger partial charge is 0.493 e. The predicted molar refractivity (Wildman–Crippen MR) is 95.4 cm³/mol. The van der Waals surface area contributed by atoms with Crippen molar-refractivity contribution in [1.29, 1.82) is 0 Å². The first-order valence-electron chi connectivity index (χ1n) is 7.91. The summed E-state index contributed by atoms with van der Waals surface area (Å²) < 4.78 is 11.3.